The standard InChI is InChI=1S/C26H23N3O3S/c1-18(30)20-9-6-10-21(17-20)28-25(31)24(19-7-4-3-5-8-19)33-26-27-15-16-29(26)22-11-13-23(32-2)14-12-22/h3-17,24H,1-2H3,(H,28,31). The summed E-state index contributed by atoms with van der Waals surface area (Å²) in [6.45, 7) is 1.50. The third kappa shape index (κ3) is 5.32. The van der Waals surface area contributed by atoms with Crippen LogP contribution in [0.3, 0.4) is 0 Å². The number of methoxy groups -OCH3 is 1. The van der Waals surface area contributed by atoms with Crippen LogP contribution in [-0.2, 0) is 4.79 Å². The Kier molecular flexibility index (Phi) is 6.90. The van der Waals surface area contributed by atoms with Crippen LogP contribution in [0.2, 0.25) is 0 Å². The van der Waals surface area contributed by atoms with Crippen molar-refractivity contribution in [3.8, 4) is 11.4 Å². The number of ether oxygens (including phenoxy) is 1. The monoisotopic (exact) mass is 457 g/mol. The third-order valence-corrected chi connectivity index (χ3v) is 6.29. The van der Waals surface area contributed by atoms with Gasteiger partial charge in [0.25, 0.3) is 0 Å². The summed E-state index contributed by atoms with van der Waals surface area (Å²) in [6.07, 6.45) is 3.57. The van der Waals surface area contributed by atoms with E-state index >= 15 is 0 Å². The Labute approximate surface area is 196 Å². The van der Waals surface area contributed by atoms with Crippen molar-refractivity contribution >= 4 is 29.1 Å². The predicted octanol–water partition coefficient (Wildman–Crippen LogP) is 5.56. The number of rotatable bonds is 8. The first kappa shape index (κ1) is 22.4. The first-order valence-electron chi connectivity index (χ1n) is 10.4. The number of benzene rings is 3. The summed E-state index contributed by atoms with van der Waals surface area (Å²) in [5, 5.41) is 3.09. The number of thioether (sulfide) groups is 1. The number of amides is 1. The van der Waals surface area contributed by atoms with E-state index in [2.05, 4.69) is 10.3 Å². The lowest BCUT2D eigenvalue weighted by Crippen LogP contribution is -2.19. The number of Topliss-reactive ketones (excluding diaryl/α,β-unsaturated/α-hetero) is 1. The topological polar surface area (TPSA) is 73.2 Å². The number of aromatic nitrogens is 2. The minimum absolute atomic E-state index is 0.0541. The number of hydrogen-bond acceptors (Lipinski definition) is 5. The summed E-state index contributed by atoms with van der Waals surface area (Å²) in [7, 11) is 1.63. The van der Waals surface area contributed by atoms with Crippen LogP contribution in [0.1, 0.15) is 28.1 Å². The molecule has 33 heavy (non-hydrogen) atoms. The summed E-state index contributed by atoms with van der Waals surface area (Å²) < 4.78 is 7.18. The molecule has 4 rings (SSSR count). The van der Waals surface area contributed by atoms with E-state index < -0.39 is 5.25 Å². The van der Waals surface area contributed by atoms with Crippen LogP contribution in [0.15, 0.2) is 96.4 Å². The molecule has 0 bridgehead atoms. The van der Waals surface area contributed by atoms with Gasteiger partial charge in [0, 0.05) is 29.3 Å². The van der Waals surface area contributed by atoms with Crippen LogP contribution in [0.4, 0.5) is 5.69 Å². The highest BCUT2D eigenvalue weighted by atomic mass is 32.2. The van der Waals surface area contributed by atoms with Crippen LogP contribution in [0, 0.1) is 0 Å². The van der Waals surface area contributed by atoms with Crippen LogP contribution < -0.4 is 10.1 Å². The number of ketones is 1. The Balaban J connectivity index is 1.63. The van der Waals surface area contributed by atoms with Crippen molar-refractivity contribution in [3.05, 3.63) is 102 Å². The minimum atomic E-state index is -0.549. The van der Waals surface area contributed by atoms with Gasteiger partial charge < -0.3 is 10.1 Å². The van der Waals surface area contributed by atoms with E-state index in [0.717, 1.165) is 17.0 Å². The quantitative estimate of drug-likeness (QED) is 0.277. The Morgan fingerprint density at radius 2 is 1.76 bits per heavy atom. The van der Waals surface area contributed by atoms with Crippen molar-refractivity contribution in [2.24, 2.45) is 0 Å². The smallest absolute Gasteiger partial charge is 0.242 e. The zero-order chi connectivity index (χ0) is 23.2. The van der Waals surface area contributed by atoms with Gasteiger partial charge in [-0.1, -0.05) is 54.2 Å². The Morgan fingerprint density at radius 3 is 2.45 bits per heavy atom. The third-order valence-electron chi connectivity index (χ3n) is 5.06. The van der Waals surface area contributed by atoms with E-state index in [1.54, 1.807) is 37.6 Å². The summed E-state index contributed by atoms with van der Waals surface area (Å²) >= 11 is 1.36. The van der Waals surface area contributed by atoms with E-state index in [0.29, 0.717) is 16.4 Å². The molecule has 1 unspecified atom stereocenters. The molecule has 0 saturated heterocycles. The average molecular weight is 458 g/mol. The number of carbonyl (C=O) groups is 2. The van der Waals surface area contributed by atoms with Gasteiger partial charge in [0.05, 0.1) is 7.11 Å². The van der Waals surface area contributed by atoms with Crippen molar-refractivity contribution in [2.75, 3.05) is 12.4 Å². The summed E-state index contributed by atoms with van der Waals surface area (Å²) in [5.74, 6) is 0.514. The van der Waals surface area contributed by atoms with Crippen molar-refractivity contribution in [1.82, 2.24) is 9.55 Å². The predicted molar refractivity (Wildman–Crippen MR) is 130 cm³/mol. The number of carbonyl (C=O) groups excluding carboxylic acids is 2. The Morgan fingerprint density at radius 1 is 1.00 bits per heavy atom. The number of hydrogen-bond donors (Lipinski definition) is 1. The molecule has 3 aromatic carbocycles. The van der Waals surface area contributed by atoms with Gasteiger partial charge in [-0.15, -0.1) is 0 Å². The molecule has 0 spiro atoms. The molecule has 0 aliphatic carbocycles. The Bertz CT molecular complexity index is 1250. The molecule has 0 fully saturated rings. The lowest BCUT2D eigenvalue weighted by atomic mass is 10.1. The second-order valence-corrected chi connectivity index (χ2v) is 8.38. The molecule has 0 aliphatic rings. The maximum Gasteiger partial charge on any atom is 0.242 e. The molecule has 6 nitrogen and oxygen atoms in total. The number of imidazole rings is 1. The van der Waals surface area contributed by atoms with Crippen LogP contribution in [0.5, 0.6) is 5.75 Å². The first-order valence-corrected chi connectivity index (χ1v) is 11.2. The lowest BCUT2D eigenvalue weighted by Gasteiger charge is -2.18. The molecule has 0 saturated carbocycles. The zero-order valence-electron chi connectivity index (χ0n) is 18.3. The molecular weight excluding hydrogens is 434 g/mol. The van der Waals surface area contributed by atoms with E-state index in [-0.39, 0.29) is 11.7 Å². The maximum atomic E-state index is 13.4. The van der Waals surface area contributed by atoms with Gasteiger partial charge in [0.2, 0.25) is 5.91 Å². The second kappa shape index (κ2) is 10.2. The molecule has 0 radical (unpaired) electrons. The van der Waals surface area contributed by atoms with Crippen LogP contribution in [-0.4, -0.2) is 28.4 Å². The fraction of sp³-hybridized carbons (Fsp3) is 0.115. The van der Waals surface area contributed by atoms with Crippen molar-refractivity contribution in [2.45, 2.75) is 17.3 Å². The highest BCUT2D eigenvalue weighted by Gasteiger charge is 2.25. The van der Waals surface area contributed by atoms with Gasteiger partial charge in [-0.05, 0) is 48.9 Å². The SMILES string of the molecule is COc1ccc(-n2ccnc2SC(C(=O)Nc2cccc(C(C)=O)c2)c2ccccc2)cc1. The number of nitrogens with one attached hydrogen (secondary N) is 1. The summed E-state index contributed by atoms with van der Waals surface area (Å²) in [4.78, 5) is 29.6. The maximum absolute atomic E-state index is 13.4. The van der Waals surface area contributed by atoms with Gasteiger partial charge in [0.1, 0.15) is 11.0 Å². The van der Waals surface area contributed by atoms with Crippen molar-refractivity contribution in [3.63, 3.8) is 0 Å². The highest BCUT2D eigenvalue weighted by molar-refractivity contribution is 8.00. The van der Waals surface area contributed by atoms with Gasteiger partial charge in [-0.25, -0.2) is 4.98 Å². The van der Waals surface area contributed by atoms with Gasteiger partial charge >= 0.3 is 0 Å². The van der Waals surface area contributed by atoms with Crippen molar-refractivity contribution in [1.29, 1.82) is 0 Å². The summed E-state index contributed by atoms with van der Waals surface area (Å²) in [6, 6.07) is 24.2. The first-order chi connectivity index (χ1) is 16.0. The largest absolute Gasteiger partial charge is 0.497 e. The van der Waals surface area contributed by atoms with E-state index in [9.17, 15) is 9.59 Å². The van der Waals surface area contributed by atoms with Gasteiger partial charge in [-0.3, -0.25) is 14.2 Å². The second-order valence-electron chi connectivity index (χ2n) is 7.31. The van der Waals surface area contributed by atoms with Crippen LogP contribution >= 0.6 is 11.8 Å². The molecule has 1 atom stereocenters. The molecule has 4 aromatic rings. The fourth-order valence-electron chi connectivity index (χ4n) is 3.35. The molecule has 1 amide bonds. The van der Waals surface area contributed by atoms with Crippen LogP contribution in [0.25, 0.3) is 5.69 Å². The minimum Gasteiger partial charge on any atom is -0.497 e. The molecular formula is C26H23N3O3S. The van der Waals surface area contributed by atoms with Crippen molar-refractivity contribution < 1.29 is 14.3 Å². The normalized spacial score (nSPS) is 11.6. The molecule has 1 aromatic heterocycles. The molecule has 1 heterocycles. The molecule has 1 N–H and O–H groups in total. The van der Waals surface area contributed by atoms with Gasteiger partial charge in [-0.2, -0.15) is 0 Å². The number of anilines is 1. The average Bonchev–Trinajstić information content (AvgIpc) is 3.31. The van der Waals surface area contributed by atoms with E-state index in [1.807, 2.05) is 65.4 Å². The highest BCUT2D eigenvalue weighted by Crippen LogP contribution is 2.36. The zero-order valence-corrected chi connectivity index (χ0v) is 19.1. The molecule has 166 valence electrons. The number of nitrogens with zero attached hydrogens (tertiary/aromatic N) is 2. The molecule has 7 heteroatoms. The van der Waals surface area contributed by atoms with E-state index in [4.69, 9.17) is 4.74 Å². The fourth-order valence-corrected chi connectivity index (χ4v) is 4.42. The molecule has 0 aliphatic heterocycles. The Hall–Kier alpha value is -3.84. The van der Waals surface area contributed by atoms with Gasteiger partial charge in [0.15, 0.2) is 10.9 Å². The lowest BCUT2D eigenvalue weighted by molar-refractivity contribution is -0.115. The van der Waals surface area contributed by atoms with E-state index in [1.165, 1.54) is 18.7 Å². The summed E-state index contributed by atoms with van der Waals surface area (Å²) in [5.41, 5.74) is 2.89.